The van der Waals surface area contributed by atoms with E-state index in [9.17, 15) is 19.2 Å². The molecular formula is C14H24N2O6S4. The highest BCUT2D eigenvalue weighted by atomic mass is 33.7. The number of methoxy groups -OCH3 is 2. The SMILES string of the molecule is COC(=O)[C@H](CSSSSC(C)(C)[C@H](NC(C)=O)C(=O)OC)NC(C)=O. The van der Waals surface area contributed by atoms with Gasteiger partial charge in [0.25, 0.3) is 0 Å². The molecule has 0 aromatic heterocycles. The Bertz CT molecular complexity index is 518. The van der Waals surface area contributed by atoms with Gasteiger partial charge in [0.2, 0.25) is 11.8 Å². The maximum Gasteiger partial charge on any atom is 0.329 e. The van der Waals surface area contributed by atoms with Crippen LogP contribution in [-0.2, 0) is 28.7 Å². The number of amides is 2. The van der Waals surface area contributed by atoms with Crippen molar-refractivity contribution in [3.63, 3.8) is 0 Å². The number of nitrogens with one attached hydrogen (secondary N) is 2. The maximum atomic E-state index is 11.9. The minimum absolute atomic E-state index is 0.314. The van der Waals surface area contributed by atoms with Crippen LogP contribution in [0.4, 0.5) is 0 Å². The van der Waals surface area contributed by atoms with E-state index in [1.165, 1.54) is 69.3 Å². The van der Waals surface area contributed by atoms with Crippen LogP contribution in [0.3, 0.4) is 0 Å². The third kappa shape index (κ3) is 9.83. The minimum Gasteiger partial charge on any atom is -0.467 e. The summed E-state index contributed by atoms with van der Waals surface area (Å²) in [5, 5.41) is 5.13. The molecule has 8 nitrogen and oxygen atoms in total. The Morgan fingerprint density at radius 1 is 0.923 bits per heavy atom. The fourth-order valence-electron chi connectivity index (χ4n) is 1.66. The Morgan fingerprint density at radius 2 is 1.46 bits per heavy atom. The van der Waals surface area contributed by atoms with Crippen LogP contribution >= 0.6 is 41.2 Å². The second-order valence-corrected chi connectivity index (χ2v) is 12.1. The summed E-state index contributed by atoms with van der Waals surface area (Å²) in [4.78, 5) is 46.0. The predicted molar refractivity (Wildman–Crippen MR) is 109 cm³/mol. The van der Waals surface area contributed by atoms with Gasteiger partial charge in [0, 0.05) is 19.6 Å². The molecule has 0 heterocycles. The molecule has 0 fully saturated rings. The first kappa shape index (κ1) is 25.3. The van der Waals surface area contributed by atoms with Gasteiger partial charge in [-0.05, 0) is 33.5 Å². The van der Waals surface area contributed by atoms with Crippen LogP contribution in [0.1, 0.15) is 27.7 Å². The molecule has 12 heteroatoms. The summed E-state index contributed by atoms with van der Waals surface area (Å²) in [5.41, 5.74) is 0. The molecule has 0 aliphatic carbocycles. The van der Waals surface area contributed by atoms with Crippen LogP contribution in [0.25, 0.3) is 0 Å². The standard InChI is InChI=1S/C14H24N2O6S4/c1-8(17)15-10(12(19)21-5)7-23-25-26-24-14(3,4)11(13(20)22-6)16-9(2)18/h10-11H,7H2,1-6H3,(H,15,17)(H,16,18)/t10-,11+/m0/s1. The topological polar surface area (TPSA) is 111 Å². The van der Waals surface area contributed by atoms with Crippen molar-refractivity contribution in [1.29, 1.82) is 0 Å². The molecule has 0 spiro atoms. The lowest BCUT2D eigenvalue weighted by molar-refractivity contribution is -0.145. The highest BCUT2D eigenvalue weighted by Gasteiger charge is 2.38. The number of carbonyl (C=O) groups is 4. The Balaban J connectivity index is 4.53. The van der Waals surface area contributed by atoms with Crippen LogP contribution < -0.4 is 10.6 Å². The highest BCUT2D eigenvalue weighted by molar-refractivity contribution is 9.26. The van der Waals surface area contributed by atoms with Crippen LogP contribution in [0, 0.1) is 0 Å². The lowest BCUT2D eigenvalue weighted by Crippen LogP contribution is -2.52. The van der Waals surface area contributed by atoms with Crippen LogP contribution in [0.5, 0.6) is 0 Å². The van der Waals surface area contributed by atoms with E-state index in [0.29, 0.717) is 5.75 Å². The number of hydrogen-bond donors (Lipinski definition) is 2. The summed E-state index contributed by atoms with van der Waals surface area (Å²) >= 11 is 0. The molecule has 0 aromatic rings. The first-order valence-corrected chi connectivity index (χ1v) is 12.4. The summed E-state index contributed by atoms with van der Waals surface area (Å²) in [6.45, 7) is 6.31. The largest absolute Gasteiger partial charge is 0.467 e. The summed E-state index contributed by atoms with van der Waals surface area (Å²) in [7, 11) is 8.08. The van der Waals surface area contributed by atoms with Crippen molar-refractivity contribution in [2.24, 2.45) is 0 Å². The predicted octanol–water partition coefficient (Wildman–Crippen LogP) is 1.80. The quantitative estimate of drug-likeness (QED) is 0.278. The molecule has 2 atom stereocenters. The summed E-state index contributed by atoms with van der Waals surface area (Å²) in [6.07, 6.45) is 0. The van der Waals surface area contributed by atoms with Crippen molar-refractivity contribution in [3.8, 4) is 0 Å². The average Bonchev–Trinajstić information content (AvgIpc) is 2.56. The molecule has 26 heavy (non-hydrogen) atoms. The molecule has 0 saturated heterocycles. The molecular weight excluding hydrogens is 420 g/mol. The van der Waals surface area contributed by atoms with Crippen molar-refractivity contribution in [3.05, 3.63) is 0 Å². The van der Waals surface area contributed by atoms with E-state index in [4.69, 9.17) is 4.74 Å². The number of rotatable bonds is 11. The average molecular weight is 445 g/mol. The van der Waals surface area contributed by atoms with E-state index >= 15 is 0 Å². The van der Waals surface area contributed by atoms with Gasteiger partial charge in [0.1, 0.15) is 12.1 Å². The molecule has 0 saturated carbocycles. The van der Waals surface area contributed by atoms with Gasteiger partial charge in [0.05, 0.1) is 19.0 Å². The maximum absolute atomic E-state index is 11.9. The lowest BCUT2D eigenvalue weighted by atomic mass is 10.0. The zero-order valence-corrected chi connectivity index (χ0v) is 18.7. The van der Waals surface area contributed by atoms with E-state index < -0.39 is 28.8 Å². The van der Waals surface area contributed by atoms with Crippen LogP contribution in [0.2, 0.25) is 0 Å². The van der Waals surface area contributed by atoms with Crippen molar-refractivity contribution in [1.82, 2.24) is 10.6 Å². The van der Waals surface area contributed by atoms with Crippen LogP contribution in [-0.4, -0.2) is 60.6 Å². The van der Waals surface area contributed by atoms with Gasteiger partial charge in [-0.3, -0.25) is 9.59 Å². The second-order valence-electron chi connectivity index (χ2n) is 5.54. The van der Waals surface area contributed by atoms with Crippen molar-refractivity contribution >= 4 is 65.0 Å². The zero-order valence-electron chi connectivity index (χ0n) is 15.4. The molecule has 0 bridgehead atoms. The monoisotopic (exact) mass is 444 g/mol. The van der Waals surface area contributed by atoms with Crippen molar-refractivity contribution in [2.45, 2.75) is 44.5 Å². The summed E-state index contributed by atoms with van der Waals surface area (Å²) in [6, 6.07) is -1.52. The highest BCUT2D eigenvalue weighted by Crippen LogP contribution is 2.49. The molecule has 0 aliphatic rings. The number of esters is 2. The molecule has 150 valence electrons. The minimum atomic E-state index is -0.796. The van der Waals surface area contributed by atoms with E-state index in [-0.39, 0.29) is 11.8 Å². The lowest BCUT2D eigenvalue weighted by Gasteiger charge is -2.31. The van der Waals surface area contributed by atoms with Gasteiger partial charge in [-0.1, -0.05) is 21.6 Å². The fourth-order valence-corrected chi connectivity index (χ4v) is 8.65. The van der Waals surface area contributed by atoms with Crippen LogP contribution in [0.15, 0.2) is 0 Å². The van der Waals surface area contributed by atoms with E-state index in [0.717, 1.165) is 0 Å². The molecule has 0 aliphatic heterocycles. The zero-order chi connectivity index (χ0) is 20.3. The Labute approximate surface area is 168 Å². The Kier molecular flexibility index (Phi) is 12.3. The van der Waals surface area contributed by atoms with E-state index in [1.54, 1.807) is 0 Å². The van der Waals surface area contributed by atoms with Gasteiger partial charge in [-0.25, -0.2) is 9.59 Å². The van der Waals surface area contributed by atoms with Gasteiger partial charge >= 0.3 is 11.9 Å². The first-order valence-electron chi connectivity index (χ1n) is 7.39. The van der Waals surface area contributed by atoms with Gasteiger partial charge < -0.3 is 20.1 Å². The first-order chi connectivity index (χ1) is 12.0. The molecule has 0 radical (unpaired) electrons. The van der Waals surface area contributed by atoms with Crippen molar-refractivity contribution < 1.29 is 28.7 Å². The third-order valence-electron chi connectivity index (χ3n) is 2.90. The molecule has 2 N–H and O–H groups in total. The normalized spacial score (nSPS) is 13.3. The molecule has 2 amide bonds. The van der Waals surface area contributed by atoms with E-state index in [1.807, 2.05) is 13.8 Å². The van der Waals surface area contributed by atoms with Gasteiger partial charge in [-0.2, -0.15) is 0 Å². The fraction of sp³-hybridized carbons (Fsp3) is 0.714. The smallest absolute Gasteiger partial charge is 0.329 e. The number of ether oxygens (including phenoxy) is 2. The Hall–Kier alpha value is -0.720. The van der Waals surface area contributed by atoms with Crippen molar-refractivity contribution in [2.75, 3.05) is 20.0 Å². The number of carbonyl (C=O) groups excluding carboxylic acids is 4. The van der Waals surface area contributed by atoms with Gasteiger partial charge in [-0.15, -0.1) is 0 Å². The summed E-state index contributed by atoms with van der Waals surface area (Å²) in [5.74, 6) is -1.34. The molecule has 0 aromatic carbocycles. The summed E-state index contributed by atoms with van der Waals surface area (Å²) < 4.78 is 8.78. The van der Waals surface area contributed by atoms with E-state index in [2.05, 4.69) is 15.4 Å². The van der Waals surface area contributed by atoms with Gasteiger partial charge in [0.15, 0.2) is 0 Å². The Morgan fingerprint density at radius 3 is 1.92 bits per heavy atom. The number of hydrogen-bond acceptors (Lipinski definition) is 10. The molecule has 0 unspecified atom stereocenters. The second kappa shape index (κ2) is 12.6. The third-order valence-corrected chi connectivity index (χ3v) is 10.1. The molecule has 0 rings (SSSR count).